The predicted molar refractivity (Wildman–Crippen MR) is 127 cm³/mol. The van der Waals surface area contributed by atoms with Crippen LogP contribution in [0.15, 0.2) is 66.9 Å². The highest BCUT2D eigenvalue weighted by atomic mass is 19.1. The number of hydrogen-bond acceptors (Lipinski definition) is 2. The third kappa shape index (κ3) is 4.46. The molecule has 0 atom stereocenters. The Kier molecular flexibility index (Phi) is 6.45. The van der Waals surface area contributed by atoms with Crippen molar-refractivity contribution in [2.45, 2.75) is 27.3 Å². The Hall–Kier alpha value is -3.67. The summed E-state index contributed by atoms with van der Waals surface area (Å²) in [6.07, 6.45) is 1.44. The van der Waals surface area contributed by atoms with Crippen molar-refractivity contribution in [1.82, 2.24) is 9.47 Å². The molecule has 0 aliphatic heterocycles. The number of carbonyl (C=O) groups is 1. The van der Waals surface area contributed by atoms with E-state index in [4.69, 9.17) is 4.74 Å². The summed E-state index contributed by atoms with van der Waals surface area (Å²) in [5.41, 5.74) is 3.47. The molecular formula is C27H26F2N2O2. The number of nitrogens with zero attached hydrogens (tertiary/aromatic N) is 2. The summed E-state index contributed by atoms with van der Waals surface area (Å²) in [6, 6.07) is 17.0. The molecular weight excluding hydrogens is 422 g/mol. The largest absolute Gasteiger partial charge is 0.415 e. The number of halogens is 2. The molecule has 6 heteroatoms. The van der Waals surface area contributed by atoms with Crippen LogP contribution in [0.3, 0.4) is 0 Å². The molecule has 0 saturated carbocycles. The van der Waals surface area contributed by atoms with Crippen molar-refractivity contribution in [3.8, 4) is 16.9 Å². The molecule has 0 fully saturated rings. The fourth-order valence-corrected chi connectivity index (χ4v) is 4.04. The summed E-state index contributed by atoms with van der Waals surface area (Å²) >= 11 is 0. The van der Waals surface area contributed by atoms with Crippen LogP contribution in [0.25, 0.3) is 22.0 Å². The minimum atomic E-state index is -0.441. The second-order valence-corrected chi connectivity index (χ2v) is 7.91. The summed E-state index contributed by atoms with van der Waals surface area (Å²) in [5.74, 6) is -0.173. The van der Waals surface area contributed by atoms with Gasteiger partial charge in [0.2, 0.25) is 0 Å². The number of aromatic nitrogens is 1. The highest BCUT2D eigenvalue weighted by Gasteiger charge is 2.19. The third-order valence-corrected chi connectivity index (χ3v) is 5.88. The molecule has 4 rings (SSSR count). The second-order valence-electron chi connectivity index (χ2n) is 7.91. The first-order chi connectivity index (χ1) is 15.9. The van der Waals surface area contributed by atoms with E-state index in [9.17, 15) is 13.6 Å². The summed E-state index contributed by atoms with van der Waals surface area (Å²) in [6.45, 7) is 6.94. The Morgan fingerprint density at radius 3 is 2.39 bits per heavy atom. The standard InChI is InChI=1S/C27H26F2N2O2/c1-4-30(5-2)27(32)33-24-14-13-23-22(25(24)19-9-11-21(28)12-10-19)15-16-31(23)17-20-8-6-7-18(3)26(20)29/h6-16H,4-5,17H2,1-3H3. The van der Waals surface area contributed by atoms with Gasteiger partial charge in [0, 0.05) is 41.3 Å². The van der Waals surface area contributed by atoms with Crippen LogP contribution in [0, 0.1) is 18.6 Å². The zero-order chi connectivity index (χ0) is 23.5. The van der Waals surface area contributed by atoms with Gasteiger partial charge in [0.15, 0.2) is 0 Å². The summed E-state index contributed by atoms with van der Waals surface area (Å²) < 4.78 is 35.9. The van der Waals surface area contributed by atoms with Gasteiger partial charge in [-0.2, -0.15) is 0 Å². The quantitative estimate of drug-likeness (QED) is 0.326. The first-order valence-corrected chi connectivity index (χ1v) is 11.0. The lowest BCUT2D eigenvalue weighted by molar-refractivity contribution is 0.157. The Bertz CT molecular complexity index is 1290. The van der Waals surface area contributed by atoms with E-state index >= 15 is 0 Å². The molecule has 0 spiro atoms. The van der Waals surface area contributed by atoms with Crippen molar-refractivity contribution in [3.63, 3.8) is 0 Å². The normalized spacial score (nSPS) is 11.1. The van der Waals surface area contributed by atoms with Gasteiger partial charge < -0.3 is 14.2 Å². The van der Waals surface area contributed by atoms with Crippen LogP contribution in [0.4, 0.5) is 13.6 Å². The summed E-state index contributed by atoms with van der Waals surface area (Å²) in [5, 5.41) is 0.833. The average molecular weight is 449 g/mol. The van der Waals surface area contributed by atoms with E-state index < -0.39 is 6.09 Å². The number of amides is 1. The van der Waals surface area contributed by atoms with Crippen LogP contribution in [-0.4, -0.2) is 28.6 Å². The second kappa shape index (κ2) is 9.45. The van der Waals surface area contributed by atoms with Crippen molar-refractivity contribution in [1.29, 1.82) is 0 Å². The van der Waals surface area contributed by atoms with Crippen molar-refractivity contribution in [2.75, 3.05) is 13.1 Å². The van der Waals surface area contributed by atoms with Gasteiger partial charge in [-0.25, -0.2) is 13.6 Å². The SMILES string of the molecule is CCN(CC)C(=O)Oc1ccc2c(ccn2Cc2cccc(C)c2F)c1-c1ccc(F)cc1. The molecule has 0 radical (unpaired) electrons. The molecule has 0 unspecified atom stereocenters. The van der Waals surface area contributed by atoms with E-state index in [1.165, 1.54) is 12.1 Å². The molecule has 0 aliphatic rings. The lowest BCUT2D eigenvalue weighted by Crippen LogP contribution is -2.33. The maximum absolute atomic E-state index is 14.6. The maximum atomic E-state index is 14.6. The highest BCUT2D eigenvalue weighted by molar-refractivity contribution is 5.99. The molecule has 0 saturated heterocycles. The van der Waals surface area contributed by atoms with Gasteiger partial charge in [0.05, 0.1) is 6.54 Å². The number of ether oxygens (including phenoxy) is 1. The van der Waals surface area contributed by atoms with Crippen LogP contribution >= 0.6 is 0 Å². The van der Waals surface area contributed by atoms with E-state index in [-0.39, 0.29) is 11.6 Å². The highest BCUT2D eigenvalue weighted by Crippen LogP contribution is 2.38. The molecule has 33 heavy (non-hydrogen) atoms. The average Bonchev–Trinajstić information content (AvgIpc) is 3.21. The molecule has 1 amide bonds. The molecule has 0 bridgehead atoms. The van der Waals surface area contributed by atoms with Crippen LogP contribution < -0.4 is 4.74 Å². The number of hydrogen-bond donors (Lipinski definition) is 0. The molecule has 0 aliphatic carbocycles. The molecule has 4 nitrogen and oxygen atoms in total. The zero-order valence-corrected chi connectivity index (χ0v) is 18.9. The van der Waals surface area contributed by atoms with Gasteiger partial charge in [0.1, 0.15) is 17.4 Å². The van der Waals surface area contributed by atoms with E-state index in [1.807, 2.05) is 42.8 Å². The zero-order valence-electron chi connectivity index (χ0n) is 18.9. The van der Waals surface area contributed by atoms with Gasteiger partial charge in [0.25, 0.3) is 0 Å². The van der Waals surface area contributed by atoms with Crippen molar-refractivity contribution in [3.05, 3.63) is 89.6 Å². The number of carbonyl (C=O) groups excluding carboxylic acids is 1. The third-order valence-electron chi connectivity index (χ3n) is 5.88. The maximum Gasteiger partial charge on any atom is 0.415 e. The van der Waals surface area contributed by atoms with Gasteiger partial charge in [-0.1, -0.05) is 30.3 Å². The molecule has 1 aromatic heterocycles. The molecule has 0 N–H and O–H groups in total. The lowest BCUT2D eigenvalue weighted by Gasteiger charge is -2.20. The lowest BCUT2D eigenvalue weighted by atomic mass is 10.0. The Morgan fingerprint density at radius 2 is 1.70 bits per heavy atom. The Balaban J connectivity index is 1.82. The number of benzene rings is 3. The first kappa shape index (κ1) is 22.5. The number of rotatable bonds is 6. The molecule has 4 aromatic rings. The summed E-state index contributed by atoms with van der Waals surface area (Å²) in [7, 11) is 0. The molecule has 1 heterocycles. The summed E-state index contributed by atoms with van der Waals surface area (Å²) in [4.78, 5) is 14.2. The minimum absolute atomic E-state index is 0.220. The first-order valence-electron chi connectivity index (χ1n) is 11.0. The van der Waals surface area contributed by atoms with Crippen molar-refractivity contribution in [2.24, 2.45) is 0 Å². The van der Waals surface area contributed by atoms with Gasteiger partial charge in [-0.3, -0.25) is 0 Å². The van der Waals surface area contributed by atoms with Gasteiger partial charge >= 0.3 is 6.09 Å². The van der Waals surface area contributed by atoms with E-state index in [1.54, 1.807) is 42.2 Å². The van der Waals surface area contributed by atoms with Crippen molar-refractivity contribution < 1.29 is 18.3 Å². The minimum Gasteiger partial charge on any atom is -0.410 e. The monoisotopic (exact) mass is 448 g/mol. The van der Waals surface area contributed by atoms with E-state index in [0.717, 1.165) is 16.5 Å². The fraction of sp³-hybridized carbons (Fsp3) is 0.222. The topological polar surface area (TPSA) is 34.5 Å². The van der Waals surface area contributed by atoms with Crippen LogP contribution in [0.5, 0.6) is 5.75 Å². The van der Waals surface area contributed by atoms with Gasteiger partial charge in [-0.15, -0.1) is 0 Å². The fourth-order valence-electron chi connectivity index (χ4n) is 4.04. The predicted octanol–water partition coefficient (Wildman–Crippen LogP) is 6.78. The number of fused-ring (bicyclic) bond motifs is 1. The van der Waals surface area contributed by atoms with Crippen molar-refractivity contribution >= 4 is 17.0 Å². The Morgan fingerprint density at radius 1 is 0.970 bits per heavy atom. The van der Waals surface area contributed by atoms with Crippen LogP contribution in [0.2, 0.25) is 0 Å². The smallest absolute Gasteiger partial charge is 0.410 e. The van der Waals surface area contributed by atoms with Crippen LogP contribution in [-0.2, 0) is 6.54 Å². The molecule has 3 aromatic carbocycles. The van der Waals surface area contributed by atoms with Gasteiger partial charge in [-0.05, 0) is 62.2 Å². The Labute approximate surface area is 192 Å². The van der Waals surface area contributed by atoms with E-state index in [2.05, 4.69) is 0 Å². The number of aryl methyl sites for hydroxylation is 1. The van der Waals surface area contributed by atoms with E-state index in [0.29, 0.717) is 42.1 Å². The molecule has 170 valence electrons. The van der Waals surface area contributed by atoms with Crippen LogP contribution in [0.1, 0.15) is 25.0 Å².